The molecule has 5 fully saturated rings. The molecule has 2 unspecified atom stereocenters. The van der Waals surface area contributed by atoms with Crippen LogP contribution in [0.5, 0.6) is 0 Å². The van der Waals surface area contributed by atoms with Gasteiger partial charge in [-0.15, -0.1) is 0 Å². The van der Waals surface area contributed by atoms with E-state index in [2.05, 4.69) is 48.5 Å². The molecule has 4 saturated carbocycles. The Bertz CT molecular complexity index is 1050. The first kappa shape index (κ1) is 26.1. The van der Waals surface area contributed by atoms with Gasteiger partial charge in [0.15, 0.2) is 5.78 Å². The Hall–Kier alpha value is -1.16. The Morgan fingerprint density at radius 3 is 2.22 bits per heavy atom. The smallest absolute Gasteiger partial charge is 0.233 e. The SMILES string of the molecule is CC(C)C1=C2[C@H]3CCC4[C@@]5(C)CC[C@H](O)C(C)(C)C5CC[C@@]4(C)[C@]3(C)CC[C@@]2(C(=O)N2CCC2)CC1=O. The van der Waals surface area contributed by atoms with Crippen molar-refractivity contribution in [1.82, 2.24) is 4.90 Å². The van der Waals surface area contributed by atoms with Gasteiger partial charge in [0.1, 0.15) is 0 Å². The number of aliphatic hydroxyl groups is 1. The summed E-state index contributed by atoms with van der Waals surface area (Å²) in [6.45, 7) is 18.4. The highest BCUT2D eigenvalue weighted by atomic mass is 16.3. The summed E-state index contributed by atoms with van der Waals surface area (Å²) >= 11 is 0. The Morgan fingerprint density at radius 1 is 0.892 bits per heavy atom. The Kier molecular flexibility index (Phi) is 5.60. The summed E-state index contributed by atoms with van der Waals surface area (Å²) in [7, 11) is 0. The molecule has 0 spiro atoms. The van der Waals surface area contributed by atoms with Crippen LogP contribution in [0.25, 0.3) is 0 Å². The Morgan fingerprint density at radius 2 is 1.59 bits per heavy atom. The van der Waals surface area contributed by atoms with Crippen molar-refractivity contribution < 1.29 is 14.7 Å². The molecule has 1 saturated heterocycles. The molecule has 6 rings (SSSR count). The second kappa shape index (κ2) is 7.95. The monoisotopic (exact) mass is 509 g/mol. The summed E-state index contributed by atoms with van der Waals surface area (Å²) in [4.78, 5) is 29.8. The number of aliphatic hydroxyl groups excluding tert-OH is 1. The molecule has 6 aliphatic rings. The maximum Gasteiger partial charge on any atom is 0.233 e. The highest BCUT2D eigenvalue weighted by molar-refractivity contribution is 6.07. The molecule has 206 valence electrons. The molecule has 0 aromatic heterocycles. The third-order valence-electron chi connectivity index (χ3n) is 14.0. The molecule has 4 heteroatoms. The van der Waals surface area contributed by atoms with Gasteiger partial charge in [-0.3, -0.25) is 9.59 Å². The molecule has 1 aliphatic heterocycles. The van der Waals surface area contributed by atoms with Gasteiger partial charge < -0.3 is 10.0 Å². The third kappa shape index (κ3) is 3.06. The second-order valence-electron chi connectivity index (χ2n) is 15.8. The minimum absolute atomic E-state index is 0.0390. The van der Waals surface area contributed by atoms with Crippen molar-refractivity contribution in [2.75, 3.05) is 13.1 Å². The maximum absolute atomic E-state index is 14.1. The summed E-state index contributed by atoms with van der Waals surface area (Å²) in [6, 6.07) is 0. The van der Waals surface area contributed by atoms with Gasteiger partial charge in [-0.2, -0.15) is 0 Å². The van der Waals surface area contributed by atoms with Crippen molar-refractivity contribution >= 4 is 11.7 Å². The molecule has 4 nitrogen and oxygen atoms in total. The van der Waals surface area contributed by atoms with E-state index in [4.69, 9.17) is 0 Å². The van der Waals surface area contributed by atoms with Gasteiger partial charge in [0.05, 0.1) is 11.5 Å². The van der Waals surface area contributed by atoms with Crippen molar-refractivity contribution in [3.8, 4) is 0 Å². The summed E-state index contributed by atoms with van der Waals surface area (Å²) in [5, 5.41) is 11.0. The highest BCUT2D eigenvalue weighted by Crippen LogP contribution is 2.76. The van der Waals surface area contributed by atoms with Crippen LogP contribution < -0.4 is 0 Å². The van der Waals surface area contributed by atoms with Crippen molar-refractivity contribution in [3.05, 3.63) is 11.1 Å². The average Bonchev–Trinajstić information content (AvgIpc) is 3.09. The normalized spacial score (nSPS) is 48.7. The summed E-state index contributed by atoms with van der Waals surface area (Å²) in [5.41, 5.74) is 2.24. The molecular formula is C33H51NO3. The summed E-state index contributed by atoms with van der Waals surface area (Å²) < 4.78 is 0. The molecule has 1 N–H and O–H groups in total. The quantitative estimate of drug-likeness (QED) is 0.459. The zero-order valence-corrected chi connectivity index (χ0v) is 24.6. The van der Waals surface area contributed by atoms with Crippen LogP contribution >= 0.6 is 0 Å². The minimum atomic E-state index is -0.567. The molecule has 5 aliphatic carbocycles. The topological polar surface area (TPSA) is 57.6 Å². The van der Waals surface area contributed by atoms with Gasteiger partial charge in [0.2, 0.25) is 5.91 Å². The lowest BCUT2D eigenvalue weighted by atomic mass is 9.33. The van der Waals surface area contributed by atoms with Crippen LogP contribution in [-0.4, -0.2) is 40.9 Å². The number of fused-ring (bicyclic) bond motifs is 7. The van der Waals surface area contributed by atoms with E-state index in [-0.39, 0.29) is 45.4 Å². The van der Waals surface area contributed by atoms with Gasteiger partial charge in [0.25, 0.3) is 0 Å². The van der Waals surface area contributed by atoms with Gasteiger partial charge in [-0.1, -0.05) is 48.5 Å². The molecule has 37 heavy (non-hydrogen) atoms. The van der Waals surface area contributed by atoms with Crippen LogP contribution in [0, 0.1) is 50.7 Å². The Labute approximate surface area is 225 Å². The van der Waals surface area contributed by atoms with Gasteiger partial charge in [0, 0.05) is 19.5 Å². The zero-order chi connectivity index (χ0) is 26.8. The van der Waals surface area contributed by atoms with E-state index in [0.29, 0.717) is 24.2 Å². The number of allylic oxidation sites excluding steroid dienone is 1. The van der Waals surface area contributed by atoms with Crippen LogP contribution in [-0.2, 0) is 9.59 Å². The van der Waals surface area contributed by atoms with Crippen LogP contribution in [0.3, 0.4) is 0 Å². The number of rotatable bonds is 2. The lowest BCUT2D eigenvalue weighted by Crippen LogP contribution is -2.66. The molecule has 0 aromatic carbocycles. The van der Waals surface area contributed by atoms with E-state index in [9.17, 15) is 14.7 Å². The fourth-order valence-corrected chi connectivity index (χ4v) is 11.7. The van der Waals surface area contributed by atoms with E-state index in [1.54, 1.807) is 0 Å². The number of likely N-dealkylation sites (tertiary alicyclic amines) is 1. The first-order chi connectivity index (χ1) is 17.2. The van der Waals surface area contributed by atoms with Crippen LogP contribution in [0.1, 0.15) is 113 Å². The highest BCUT2D eigenvalue weighted by Gasteiger charge is 2.71. The van der Waals surface area contributed by atoms with Crippen LogP contribution in [0.2, 0.25) is 0 Å². The number of amides is 1. The zero-order valence-electron chi connectivity index (χ0n) is 24.6. The number of ketones is 1. The van der Waals surface area contributed by atoms with E-state index < -0.39 is 5.41 Å². The maximum atomic E-state index is 14.1. The lowest BCUT2D eigenvalue weighted by molar-refractivity contribution is -0.228. The fraction of sp³-hybridized carbons (Fsp3) is 0.879. The number of hydrogen-bond acceptors (Lipinski definition) is 3. The number of carbonyl (C=O) groups is 2. The van der Waals surface area contributed by atoms with Crippen molar-refractivity contribution in [3.63, 3.8) is 0 Å². The molecule has 0 aromatic rings. The van der Waals surface area contributed by atoms with Crippen molar-refractivity contribution in [2.45, 2.75) is 119 Å². The third-order valence-corrected chi connectivity index (χ3v) is 14.0. The first-order valence-corrected chi connectivity index (χ1v) is 15.5. The number of nitrogens with zero attached hydrogens (tertiary/aromatic N) is 1. The molecule has 0 radical (unpaired) electrons. The molecule has 1 amide bonds. The standard InChI is InChI=1S/C33H51NO3/c1-20(2)26-22(35)19-33(28(37)34-17-8-18-34)16-15-31(6)21(27(26)33)9-10-24-30(5)13-12-25(36)29(3,4)23(30)11-14-32(24,31)7/h20-21,23-25,36H,8-19H2,1-7H3/t21-,23?,24?,25+,30+,31-,32-,33-/m1/s1. The van der Waals surface area contributed by atoms with Crippen molar-refractivity contribution in [2.24, 2.45) is 50.7 Å². The van der Waals surface area contributed by atoms with E-state index in [1.165, 1.54) is 24.8 Å². The molecule has 1 heterocycles. The number of Topliss-reactive ketones (excluding diaryl/α,β-unsaturated/α-hetero) is 1. The Balaban J connectivity index is 1.44. The van der Waals surface area contributed by atoms with Gasteiger partial charge >= 0.3 is 0 Å². The second-order valence-corrected chi connectivity index (χ2v) is 15.8. The number of hydrogen-bond donors (Lipinski definition) is 1. The molecular weight excluding hydrogens is 458 g/mol. The van der Waals surface area contributed by atoms with Gasteiger partial charge in [-0.05, 0) is 114 Å². The number of carbonyl (C=O) groups excluding carboxylic acids is 2. The van der Waals surface area contributed by atoms with E-state index in [0.717, 1.165) is 57.2 Å². The average molecular weight is 510 g/mol. The van der Waals surface area contributed by atoms with Crippen molar-refractivity contribution in [1.29, 1.82) is 0 Å². The van der Waals surface area contributed by atoms with Crippen LogP contribution in [0.4, 0.5) is 0 Å². The van der Waals surface area contributed by atoms with Gasteiger partial charge in [-0.25, -0.2) is 0 Å². The first-order valence-electron chi connectivity index (χ1n) is 15.5. The lowest BCUT2D eigenvalue weighted by Gasteiger charge is -2.72. The predicted molar refractivity (Wildman–Crippen MR) is 147 cm³/mol. The fourth-order valence-electron chi connectivity index (χ4n) is 11.7. The molecule has 8 atom stereocenters. The largest absolute Gasteiger partial charge is 0.393 e. The summed E-state index contributed by atoms with van der Waals surface area (Å²) in [5.74, 6) is 2.22. The van der Waals surface area contributed by atoms with Crippen LogP contribution in [0.15, 0.2) is 11.1 Å². The summed E-state index contributed by atoms with van der Waals surface area (Å²) in [6.07, 6.45) is 9.93. The molecule has 0 bridgehead atoms. The van der Waals surface area contributed by atoms with E-state index in [1.807, 2.05) is 4.90 Å². The minimum Gasteiger partial charge on any atom is -0.393 e. The van der Waals surface area contributed by atoms with E-state index >= 15 is 0 Å². The predicted octanol–water partition coefficient (Wildman–Crippen LogP) is 6.56.